The predicted molar refractivity (Wildman–Crippen MR) is 39.7 cm³/mol. The van der Waals surface area contributed by atoms with E-state index in [4.69, 9.17) is 0 Å². The normalized spacial score (nSPS) is 19.7. The van der Waals surface area contributed by atoms with Gasteiger partial charge in [0.1, 0.15) is 6.33 Å². The van der Waals surface area contributed by atoms with E-state index in [-0.39, 0.29) is 6.10 Å². The third kappa shape index (κ3) is 1.38. The molecule has 3 nitrogen and oxygen atoms in total. The molecule has 58 valence electrons. The number of nitrogens with zero attached hydrogens (tertiary/aromatic N) is 2. The van der Waals surface area contributed by atoms with Crippen molar-refractivity contribution in [3.63, 3.8) is 0 Å². The van der Waals surface area contributed by atoms with Crippen LogP contribution in [0.15, 0.2) is 18.6 Å². The number of aliphatic hydroxyl groups excluding tert-OH is 1. The van der Waals surface area contributed by atoms with E-state index in [2.05, 4.69) is 9.97 Å². The second-order valence-corrected chi connectivity index (χ2v) is 2.92. The van der Waals surface area contributed by atoms with E-state index >= 15 is 0 Å². The molecule has 1 aliphatic rings. The SMILES string of the molecule is OC(c1ccncn1)C1CC1. The first-order valence-corrected chi connectivity index (χ1v) is 3.82. The Labute approximate surface area is 65.1 Å². The summed E-state index contributed by atoms with van der Waals surface area (Å²) >= 11 is 0. The van der Waals surface area contributed by atoms with Gasteiger partial charge in [0, 0.05) is 6.20 Å². The first-order chi connectivity index (χ1) is 5.38. The second-order valence-electron chi connectivity index (χ2n) is 2.92. The molecule has 0 saturated heterocycles. The Morgan fingerprint density at radius 3 is 2.91 bits per heavy atom. The second kappa shape index (κ2) is 2.58. The Morgan fingerprint density at radius 1 is 1.55 bits per heavy atom. The highest BCUT2D eigenvalue weighted by atomic mass is 16.3. The quantitative estimate of drug-likeness (QED) is 0.681. The number of hydrogen-bond donors (Lipinski definition) is 1. The molecule has 3 heteroatoms. The van der Waals surface area contributed by atoms with Crippen molar-refractivity contribution in [1.29, 1.82) is 0 Å². The number of hydrogen-bond acceptors (Lipinski definition) is 3. The van der Waals surface area contributed by atoms with E-state index in [0.717, 1.165) is 18.5 Å². The lowest BCUT2D eigenvalue weighted by atomic mass is 10.1. The highest BCUT2D eigenvalue weighted by molar-refractivity contribution is 5.05. The summed E-state index contributed by atoms with van der Waals surface area (Å²) in [7, 11) is 0. The minimum Gasteiger partial charge on any atom is -0.387 e. The maximum absolute atomic E-state index is 9.57. The van der Waals surface area contributed by atoms with Crippen molar-refractivity contribution in [3.8, 4) is 0 Å². The van der Waals surface area contributed by atoms with Crippen molar-refractivity contribution >= 4 is 0 Å². The smallest absolute Gasteiger partial charge is 0.115 e. The van der Waals surface area contributed by atoms with Crippen molar-refractivity contribution in [1.82, 2.24) is 9.97 Å². The van der Waals surface area contributed by atoms with Gasteiger partial charge in [-0.15, -0.1) is 0 Å². The topological polar surface area (TPSA) is 46.0 Å². The summed E-state index contributed by atoms with van der Waals surface area (Å²) in [4.78, 5) is 7.76. The molecule has 2 rings (SSSR count). The zero-order valence-electron chi connectivity index (χ0n) is 6.14. The maximum Gasteiger partial charge on any atom is 0.115 e. The van der Waals surface area contributed by atoms with E-state index in [1.54, 1.807) is 12.3 Å². The molecule has 1 aromatic rings. The molecule has 1 unspecified atom stereocenters. The number of aromatic nitrogens is 2. The van der Waals surface area contributed by atoms with Gasteiger partial charge in [0.2, 0.25) is 0 Å². The molecule has 0 aromatic carbocycles. The number of rotatable bonds is 2. The molecule has 0 radical (unpaired) electrons. The van der Waals surface area contributed by atoms with Gasteiger partial charge in [-0.3, -0.25) is 0 Å². The monoisotopic (exact) mass is 150 g/mol. The Morgan fingerprint density at radius 2 is 2.36 bits per heavy atom. The van der Waals surface area contributed by atoms with E-state index < -0.39 is 0 Å². The van der Waals surface area contributed by atoms with Crippen LogP contribution in [-0.2, 0) is 0 Å². The fourth-order valence-electron chi connectivity index (χ4n) is 1.13. The first kappa shape index (κ1) is 6.73. The molecular weight excluding hydrogens is 140 g/mol. The lowest BCUT2D eigenvalue weighted by Crippen LogP contribution is -2.01. The van der Waals surface area contributed by atoms with Crippen LogP contribution in [0.4, 0.5) is 0 Å². The largest absolute Gasteiger partial charge is 0.387 e. The van der Waals surface area contributed by atoms with Gasteiger partial charge in [-0.2, -0.15) is 0 Å². The summed E-state index contributed by atoms with van der Waals surface area (Å²) < 4.78 is 0. The van der Waals surface area contributed by atoms with Crippen LogP contribution in [0.25, 0.3) is 0 Å². The van der Waals surface area contributed by atoms with Gasteiger partial charge in [-0.1, -0.05) is 0 Å². The van der Waals surface area contributed by atoms with Crippen molar-refractivity contribution in [2.75, 3.05) is 0 Å². The van der Waals surface area contributed by atoms with Crippen LogP contribution in [0.3, 0.4) is 0 Å². The highest BCUT2D eigenvalue weighted by Crippen LogP contribution is 2.39. The Bertz CT molecular complexity index is 233. The van der Waals surface area contributed by atoms with Crippen LogP contribution >= 0.6 is 0 Å². The predicted octanol–water partition coefficient (Wildman–Crippen LogP) is 0.920. The summed E-state index contributed by atoms with van der Waals surface area (Å²) in [6.45, 7) is 0. The zero-order chi connectivity index (χ0) is 7.68. The summed E-state index contributed by atoms with van der Waals surface area (Å²) in [5.74, 6) is 0.449. The van der Waals surface area contributed by atoms with Crippen molar-refractivity contribution in [3.05, 3.63) is 24.3 Å². The minimum absolute atomic E-state index is 0.363. The average Bonchev–Trinajstić information content (AvgIpc) is 2.87. The van der Waals surface area contributed by atoms with Gasteiger partial charge in [-0.05, 0) is 24.8 Å². The molecule has 1 saturated carbocycles. The lowest BCUT2D eigenvalue weighted by molar-refractivity contribution is 0.149. The van der Waals surface area contributed by atoms with Crippen molar-refractivity contribution < 1.29 is 5.11 Å². The van der Waals surface area contributed by atoms with E-state index in [9.17, 15) is 5.11 Å². The molecule has 0 bridgehead atoms. The van der Waals surface area contributed by atoms with E-state index in [1.165, 1.54) is 6.33 Å². The Balaban J connectivity index is 2.15. The molecule has 1 aliphatic carbocycles. The van der Waals surface area contributed by atoms with Crippen LogP contribution < -0.4 is 0 Å². The van der Waals surface area contributed by atoms with Crippen LogP contribution in [-0.4, -0.2) is 15.1 Å². The van der Waals surface area contributed by atoms with Gasteiger partial charge in [0.15, 0.2) is 0 Å². The number of aliphatic hydroxyl groups is 1. The van der Waals surface area contributed by atoms with E-state index in [0.29, 0.717) is 5.92 Å². The van der Waals surface area contributed by atoms with Gasteiger partial charge in [0.25, 0.3) is 0 Å². The minimum atomic E-state index is -0.363. The van der Waals surface area contributed by atoms with Gasteiger partial charge in [0.05, 0.1) is 11.8 Å². The molecule has 0 amide bonds. The molecule has 1 heterocycles. The molecule has 0 aliphatic heterocycles. The fraction of sp³-hybridized carbons (Fsp3) is 0.500. The molecular formula is C8H10N2O. The molecule has 0 spiro atoms. The third-order valence-corrected chi connectivity index (χ3v) is 1.98. The standard InChI is InChI=1S/C8H10N2O/c11-8(6-1-2-6)7-3-4-9-5-10-7/h3-6,8,11H,1-2H2. The average molecular weight is 150 g/mol. The Hall–Kier alpha value is -0.960. The Kier molecular flexibility index (Phi) is 1.58. The van der Waals surface area contributed by atoms with Crippen LogP contribution in [0.1, 0.15) is 24.6 Å². The summed E-state index contributed by atoms with van der Waals surface area (Å²) in [6.07, 6.45) is 5.03. The van der Waals surface area contributed by atoms with E-state index in [1.807, 2.05) is 0 Å². The first-order valence-electron chi connectivity index (χ1n) is 3.82. The maximum atomic E-state index is 9.57. The lowest BCUT2D eigenvalue weighted by Gasteiger charge is -2.05. The summed E-state index contributed by atoms with van der Waals surface area (Å²) in [5.41, 5.74) is 0.752. The van der Waals surface area contributed by atoms with Crippen molar-refractivity contribution in [2.45, 2.75) is 18.9 Å². The highest BCUT2D eigenvalue weighted by Gasteiger charge is 2.31. The zero-order valence-corrected chi connectivity index (χ0v) is 6.14. The fourth-order valence-corrected chi connectivity index (χ4v) is 1.13. The van der Waals surface area contributed by atoms with Crippen LogP contribution in [0.5, 0.6) is 0 Å². The van der Waals surface area contributed by atoms with Gasteiger partial charge in [-0.25, -0.2) is 9.97 Å². The van der Waals surface area contributed by atoms with Gasteiger partial charge < -0.3 is 5.11 Å². The van der Waals surface area contributed by atoms with Gasteiger partial charge >= 0.3 is 0 Å². The third-order valence-electron chi connectivity index (χ3n) is 1.98. The van der Waals surface area contributed by atoms with Crippen LogP contribution in [0.2, 0.25) is 0 Å². The molecule has 1 atom stereocenters. The summed E-state index contributed by atoms with van der Waals surface area (Å²) in [5, 5.41) is 9.57. The molecule has 1 N–H and O–H groups in total. The molecule has 11 heavy (non-hydrogen) atoms. The molecule has 1 fully saturated rings. The van der Waals surface area contributed by atoms with Crippen LogP contribution in [0, 0.1) is 5.92 Å². The van der Waals surface area contributed by atoms with Crippen molar-refractivity contribution in [2.24, 2.45) is 5.92 Å². The molecule has 1 aromatic heterocycles. The summed E-state index contributed by atoms with van der Waals surface area (Å²) in [6, 6.07) is 1.77.